The Kier molecular flexibility index (Phi) is 3.41. The number of hydrogen-bond acceptors (Lipinski definition) is 5. The molecule has 4 rings (SSSR count). The average Bonchev–Trinajstić information content (AvgIpc) is 2.88. The second kappa shape index (κ2) is 5.45. The third-order valence-corrected chi connectivity index (χ3v) is 4.47. The topological polar surface area (TPSA) is 62.2 Å². The number of pyridine rings is 1. The second-order valence-corrected chi connectivity index (χ2v) is 6.35. The minimum Gasteiger partial charge on any atom is -0.356 e. The molecule has 0 radical (unpaired) electrons. The molecule has 0 atom stereocenters. The molecule has 23 heavy (non-hydrogen) atoms. The number of aryl methyl sites for hydroxylation is 1. The number of aromatic nitrogens is 3. The second-order valence-electron chi connectivity index (χ2n) is 5.91. The van der Waals surface area contributed by atoms with Gasteiger partial charge in [-0.05, 0) is 19.4 Å². The Labute approximate surface area is 139 Å². The minimum atomic E-state index is -0.0785. The van der Waals surface area contributed by atoms with E-state index in [-0.39, 0.29) is 5.91 Å². The van der Waals surface area contributed by atoms with Crippen molar-refractivity contribution in [1.82, 2.24) is 19.9 Å². The first-order valence-corrected chi connectivity index (χ1v) is 8.01. The van der Waals surface area contributed by atoms with Crippen molar-refractivity contribution in [3.8, 4) is 0 Å². The lowest BCUT2D eigenvalue weighted by Crippen LogP contribution is -2.38. The fourth-order valence-corrected chi connectivity index (χ4v) is 3.18. The number of carbonyl (C=O) groups excluding carboxylic acids is 1. The highest BCUT2D eigenvalue weighted by atomic mass is 35.5. The monoisotopic (exact) mass is 329 g/mol. The Morgan fingerprint density at radius 1 is 1.22 bits per heavy atom. The van der Waals surface area contributed by atoms with Crippen LogP contribution in [0.15, 0.2) is 18.5 Å². The molecule has 118 valence electrons. The summed E-state index contributed by atoms with van der Waals surface area (Å²) in [6, 6.07) is 1.65. The maximum atomic E-state index is 12.7. The van der Waals surface area contributed by atoms with E-state index in [1.807, 2.05) is 6.92 Å². The van der Waals surface area contributed by atoms with Crippen molar-refractivity contribution in [1.29, 1.82) is 0 Å². The van der Waals surface area contributed by atoms with Gasteiger partial charge in [-0.15, -0.1) is 0 Å². The smallest absolute Gasteiger partial charge is 0.256 e. The van der Waals surface area contributed by atoms with E-state index >= 15 is 0 Å². The molecule has 0 N–H and O–H groups in total. The molecule has 7 heteroatoms. The van der Waals surface area contributed by atoms with Gasteiger partial charge in [-0.3, -0.25) is 9.78 Å². The highest BCUT2D eigenvalue weighted by Crippen LogP contribution is 2.32. The van der Waals surface area contributed by atoms with Gasteiger partial charge in [-0.2, -0.15) is 0 Å². The van der Waals surface area contributed by atoms with Gasteiger partial charge in [0.25, 0.3) is 5.91 Å². The minimum absolute atomic E-state index is 0.0785. The number of nitrogens with zero attached hydrogens (tertiary/aromatic N) is 5. The zero-order valence-electron chi connectivity index (χ0n) is 12.8. The average molecular weight is 330 g/mol. The Balaban J connectivity index is 1.63. The number of halogens is 1. The zero-order valence-corrected chi connectivity index (χ0v) is 13.5. The summed E-state index contributed by atoms with van der Waals surface area (Å²) in [5.74, 6) is 1.66. The molecule has 1 amide bonds. The van der Waals surface area contributed by atoms with Gasteiger partial charge in [0.2, 0.25) is 0 Å². The molecule has 2 aromatic heterocycles. The van der Waals surface area contributed by atoms with Gasteiger partial charge in [-0.25, -0.2) is 9.97 Å². The van der Waals surface area contributed by atoms with E-state index in [2.05, 4.69) is 19.9 Å². The number of anilines is 1. The quantitative estimate of drug-likeness (QED) is 0.845. The molecule has 4 heterocycles. The van der Waals surface area contributed by atoms with Crippen LogP contribution < -0.4 is 4.90 Å². The molecule has 2 aliphatic heterocycles. The van der Waals surface area contributed by atoms with Crippen molar-refractivity contribution in [3.63, 3.8) is 0 Å². The highest BCUT2D eigenvalue weighted by molar-refractivity contribution is 6.30. The molecule has 0 aliphatic carbocycles. The van der Waals surface area contributed by atoms with E-state index in [9.17, 15) is 4.79 Å². The standard InChI is InChI=1S/C16H16ClN5O/c1-10-19-14-9-22(16(23)11-5-12(17)7-18-6-11)8-13(14)15(20-10)21-3-2-4-21/h5-7H,2-4,8-9H2,1H3. The van der Waals surface area contributed by atoms with Crippen LogP contribution in [0.5, 0.6) is 0 Å². The van der Waals surface area contributed by atoms with Crippen molar-refractivity contribution in [2.75, 3.05) is 18.0 Å². The summed E-state index contributed by atoms with van der Waals surface area (Å²) in [7, 11) is 0. The molecule has 2 aromatic rings. The number of fused-ring (bicyclic) bond motifs is 1. The van der Waals surface area contributed by atoms with Crippen LogP contribution in [0, 0.1) is 6.92 Å². The van der Waals surface area contributed by atoms with Gasteiger partial charge in [0.05, 0.1) is 29.4 Å². The van der Waals surface area contributed by atoms with Crippen LogP contribution in [0.1, 0.15) is 33.9 Å². The van der Waals surface area contributed by atoms with E-state index in [1.54, 1.807) is 17.2 Å². The van der Waals surface area contributed by atoms with E-state index in [0.717, 1.165) is 36.0 Å². The van der Waals surface area contributed by atoms with Crippen molar-refractivity contribution in [2.24, 2.45) is 0 Å². The molecular formula is C16H16ClN5O. The van der Waals surface area contributed by atoms with E-state index in [0.29, 0.717) is 23.7 Å². The zero-order chi connectivity index (χ0) is 16.0. The molecule has 0 aromatic carbocycles. The van der Waals surface area contributed by atoms with Crippen molar-refractivity contribution < 1.29 is 4.79 Å². The summed E-state index contributed by atoms with van der Waals surface area (Å²) < 4.78 is 0. The van der Waals surface area contributed by atoms with Gasteiger partial charge in [-0.1, -0.05) is 11.6 Å². The summed E-state index contributed by atoms with van der Waals surface area (Å²) in [6.45, 7) is 4.98. The molecule has 1 fully saturated rings. The fraction of sp³-hybridized carbons (Fsp3) is 0.375. The van der Waals surface area contributed by atoms with Crippen LogP contribution in [-0.2, 0) is 13.1 Å². The molecular weight excluding hydrogens is 314 g/mol. The summed E-state index contributed by atoms with van der Waals surface area (Å²) in [5.41, 5.74) is 2.52. The summed E-state index contributed by atoms with van der Waals surface area (Å²) in [5, 5.41) is 0.462. The van der Waals surface area contributed by atoms with Crippen molar-refractivity contribution >= 4 is 23.3 Å². The Bertz CT molecular complexity index is 790. The predicted octanol–water partition coefficient (Wildman–Crippen LogP) is 2.20. The number of amides is 1. The largest absolute Gasteiger partial charge is 0.356 e. The van der Waals surface area contributed by atoms with Crippen molar-refractivity contribution in [2.45, 2.75) is 26.4 Å². The first kappa shape index (κ1) is 14.4. The Morgan fingerprint density at radius 2 is 2.04 bits per heavy atom. The van der Waals surface area contributed by atoms with Crippen LogP contribution in [0.3, 0.4) is 0 Å². The lowest BCUT2D eigenvalue weighted by molar-refractivity contribution is 0.0750. The van der Waals surface area contributed by atoms with Crippen LogP contribution >= 0.6 is 11.6 Å². The molecule has 6 nitrogen and oxygen atoms in total. The van der Waals surface area contributed by atoms with Gasteiger partial charge in [0.1, 0.15) is 11.6 Å². The van der Waals surface area contributed by atoms with Crippen molar-refractivity contribution in [3.05, 3.63) is 46.1 Å². The fourth-order valence-electron chi connectivity index (χ4n) is 3.00. The van der Waals surface area contributed by atoms with Crippen LogP contribution in [0.25, 0.3) is 0 Å². The first-order chi connectivity index (χ1) is 11.1. The summed E-state index contributed by atoms with van der Waals surface area (Å²) in [6.07, 6.45) is 4.26. The third kappa shape index (κ3) is 2.53. The van der Waals surface area contributed by atoms with Crippen LogP contribution in [-0.4, -0.2) is 38.8 Å². The van der Waals surface area contributed by atoms with Crippen LogP contribution in [0.4, 0.5) is 5.82 Å². The number of rotatable bonds is 2. The first-order valence-electron chi connectivity index (χ1n) is 7.63. The third-order valence-electron chi connectivity index (χ3n) is 4.27. The lowest BCUT2D eigenvalue weighted by Gasteiger charge is -2.33. The molecule has 0 unspecified atom stereocenters. The Hall–Kier alpha value is -2.21. The van der Waals surface area contributed by atoms with Gasteiger partial charge < -0.3 is 9.80 Å². The highest BCUT2D eigenvalue weighted by Gasteiger charge is 2.31. The number of hydrogen-bond donors (Lipinski definition) is 0. The molecule has 0 saturated carbocycles. The molecule has 2 aliphatic rings. The molecule has 0 bridgehead atoms. The van der Waals surface area contributed by atoms with E-state index in [4.69, 9.17) is 11.6 Å². The maximum absolute atomic E-state index is 12.7. The van der Waals surface area contributed by atoms with E-state index < -0.39 is 0 Å². The predicted molar refractivity (Wildman–Crippen MR) is 86.4 cm³/mol. The van der Waals surface area contributed by atoms with Gasteiger partial charge in [0, 0.05) is 31.0 Å². The lowest BCUT2D eigenvalue weighted by atomic mass is 10.1. The molecule has 1 saturated heterocycles. The SMILES string of the molecule is Cc1nc2c(c(N3CCC3)n1)CN(C(=O)c1cncc(Cl)c1)C2. The molecule has 0 spiro atoms. The normalized spacial score (nSPS) is 16.3. The van der Waals surface area contributed by atoms with Gasteiger partial charge in [0.15, 0.2) is 0 Å². The van der Waals surface area contributed by atoms with Crippen LogP contribution in [0.2, 0.25) is 5.02 Å². The number of carbonyl (C=O) groups is 1. The summed E-state index contributed by atoms with van der Waals surface area (Å²) in [4.78, 5) is 29.8. The van der Waals surface area contributed by atoms with Gasteiger partial charge >= 0.3 is 0 Å². The van der Waals surface area contributed by atoms with E-state index in [1.165, 1.54) is 12.6 Å². The summed E-state index contributed by atoms with van der Waals surface area (Å²) >= 11 is 5.94. The Morgan fingerprint density at radius 3 is 2.74 bits per heavy atom. The maximum Gasteiger partial charge on any atom is 0.256 e.